The average molecular weight is 228 g/mol. The van der Waals surface area contributed by atoms with Crippen LogP contribution in [0.25, 0.3) is 0 Å². The molecule has 0 amide bonds. The zero-order valence-corrected chi connectivity index (χ0v) is 10.5. The van der Waals surface area contributed by atoms with Crippen molar-refractivity contribution < 1.29 is 9.53 Å². The first kappa shape index (κ1) is 13.5. The monoisotopic (exact) mass is 228 g/mol. The lowest BCUT2D eigenvalue weighted by Crippen LogP contribution is -2.40. The Labute approximate surface area is 98.3 Å². The van der Waals surface area contributed by atoms with Gasteiger partial charge in [0.15, 0.2) is 0 Å². The summed E-state index contributed by atoms with van der Waals surface area (Å²) in [6, 6.07) is -0.197. The standard InChI is InChI=1S/C12H24N2O2/c1-11(12(15)16-2)13-7-10-14-8-5-3-4-6-9-14/h11,13H,3-10H2,1-2H3. The zero-order valence-electron chi connectivity index (χ0n) is 10.5. The molecule has 0 spiro atoms. The van der Waals surface area contributed by atoms with Crippen LogP contribution in [0.4, 0.5) is 0 Å². The molecule has 0 saturated carbocycles. The Morgan fingerprint density at radius 3 is 2.50 bits per heavy atom. The number of carbonyl (C=O) groups is 1. The van der Waals surface area contributed by atoms with Gasteiger partial charge in [0, 0.05) is 13.1 Å². The summed E-state index contributed by atoms with van der Waals surface area (Å²) in [5.74, 6) is -0.184. The highest BCUT2D eigenvalue weighted by molar-refractivity contribution is 5.74. The highest BCUT2D eigenvalue weighted by atomic mass is 16.5. The van der Waals surface area contributed by atoms with Gasteiger partial charge in [0.05, 0.1) is 7.11 Å². The first-order valence-electron chi connectivity index (χ1n) is 6.27. The van der Waals surface area contributed by atoms with Crippen LogP contribution in [0.2, 0.25) is 0 Å². The van der Waals surface area contributed by atoms with Crippen LogP contribution in [0, 0.1) is 0 Å². The summed E-state index contributed by atoms with van der Waals surface area (Å²) in [4.78, 5) is 13.6. The second-order valence-corrected chi connectivity index (χ2v) is 4.45. The largest absolute Gasteiger partial charge is 0.468 e. The van der Waals surface area contributed by atoms with E-state index in [-0.39, 0.29) is 12.0 Å². The molecule has 1 N–H and O–H groups in total. The minimum Gasteiger partial charge on any atom is -0.468 e. The Morgan fingerprint density at radius 2 is 1.94 bits per heavy atom. The molecule has 1 rings (SSSR count). The fourth-order valence-corrected chi connectivity index (χ4v) is 2.06. The van der Waals surface area contributed by atoms with Crippen LogP contribution < -0.4 is 5.32 Å². The van der Waals surface area contributed by atoms with Crippen molar-refractivity contribution in [2.24, 2.45) is 0 Å². The molecule has 0 aromatic carbocycles. The molecule has 1 fully saturated rings. The summed E-state index contributed by atoms with van der Waals surface area (Å²) in [6.45, 7) is 6.13. The summed E-state index contributed by atoms with van der Waals surface area (Å²) >= 11 is 0. The average Bonchev–Trinajstić information content (AvgIpc) is 2.56. The van der Waals surface area contributed by atoms with Crippen LogP contribution in [0.5, 0.6) is 0 Å². The van der Waals surface area contributed by atoms with Crippen LogP contribution in [0.1, 0.15) is 32.6 Å². The molecule has 0 radical (unpaired) electrons. The maximum Gasteiger partial charge on any atom is 0.322 e. The van der Waals surface area contributed by atoms with E-state index in [2.05, 4.69) is 15.0 Å². The van der Waals surface area contributed by atoms with E-state index in [1.54, 1.807) is 0 Å². The van der Waals surface area contributed by atoms with Gasteiger partial charge >= 0.3 is 5.97 Å². The van der Waals surface area contributed by atoms with Crippen molar-refractivity contribution in [2.75, 3.05) is 33.3 Å². The van der Waals surface area contributed by atoms with Gasteiger partial charge < -0.3 is 15.0 Å². The molecule has 1 unspecified atom stereocenters. The van der Waals surface area contributed by atoms with Gasteiger partial charge in [-0.25, -0.2) is 0 Å². The minimum atomic E-state index is -0.197. The number of hydrogen-bond donors (Lipinski definition) is 1. The number of rotatable bonds is 5. The molecule has 94 valence electrons. The molecule has 0 bridgehead atoms. The number of carbonyl (C=O) groups excluding carboxylic acids is 1. The van der Waals surface area contributed by atoms with Crippen molar-refractivity contribution in [3.8, 4) is 0 Å². The van der Waals surface area contributed by atoms with Gasteiger partial charge in [-0.05, 0) is 32.9 Å². The number of ether oxygens (including phenoxy) is 1. The van der Waals surface area contributed by atoms with E-state index < -0.39 is 0 Å². The second kappa shape index (κ2) is 7.63. The maximum absolute atomic E-state index is 11.2. The SMILES string of the molecule is COC(=O)C(C)NCCN1CCCCCC1. The summed E-state index contributed by atoms with van der Waals surface area (Å²) in [5, 5.41) is 3.18. The minimum absolute atomic E-state index is 0.184. The first-order valence-corrected chi connectivity index (χ1v) is 6.27. The van der Waals surface area contributed by atoms with Crippen LogP contribution in [-0.2, 0) is 9.53 Å². The summed E-state index contributed by atoms with van der Waals surface area (Å²) in [6.07, 6.45) is 5.35. The van der Waals surface area contributed by atoms with Crippen molar-refractivity contribution in [2.45, 2.75) is 38.6 Å². The molecule has 0 aromatic heterocycles. The number of methoxy groups -OCH3 is 1. The molecule has 1 aliphatic rings. The van der Waals surface area contributed by atoms with E-state index in [4.69, 9.17) is 0 Å². The van der Waals surface area contributed by atoms with Gasteiger partial charge in [-0.2, -0.15) is 0 Å². The highest BCUT2D eigenvalue weighted by Crippen LogP contribution is 2.08. The first-order chi connectivity index (χ1) is 7.74. The fraction of sp³-hybridized carbons (Fsp3) is 0.917. The Morgan fingerprint density at radius 1 is 1.31 bits per heavy atom. The number of nitrogens with zero attached hydrogens (tertiary/aromatic N) is 1. The number of esters is 1. The zero-order chi connectivity index (χ0) is 11.8. The van der Waals surface area contributed by atoms with Gasteiger partial charge in [-0.1, -0.05) is 12.8 Å². The van der Waals surface area contributed by atoms with Gasteiger partial charge in [-0.15, -0.1) is 0 Å². The van der Waals surface area contributed by atoms with Gasteiger partial charge in [0.2, 0.25) is 0 Å². The van der Waals surface area contributed by atoms with E-state index >= 15 is 0 Å². The third kappa shape index (κ3) is 4.94. The molecule has 1 heterocycles. The third-order valence-electron chi connectivity index (χ3n) is 3.13. The van der Waals surface area contributed by atoms with E-state index in [1.807, 2.05) is 6.92 Å². The highest BCUT2D eigenvalue weighted by Gasteiger charge is 2.13. The van der Waals surface area contributed by atoms with Gasteiger partial charge in [0.1, 0.15) is 6.04 Å². The van der Waals surface area contributed by atoms with Crippen LogP contribution in [-0.4, -0.2) is 50.2 Å². The van der Waals surface area contributed by atoms with Crippen LogP contribution in [0.3, 0.4) is 0 Å². The number of likely N-dealkylation sites (tertiary alicyclic amines) is 1. The predicted octanol–water partition coefficient (Wildman–Crippen LogP) is 1.01. The van der Waals surface area contributed by atoms with Gasteiger partial charge in [0.25, 0.3) is 0 Å². The van der Waals surface area contributed by atoms with Crippen molar-refractivity contribution >= 4 is 5.97 Å². The molecule has 0 aromatic rings. The third-order valence-corrected chi connectivity index (χ3v) is 3.13. The Bertz CT molecular complexity index is 201. The Balaban J connectivity index is 2.11. The normalized spacial score (nSPS) is 20.1. The molecule has 1 atom stereocenters. The number of nitrogens with one attached hydrogen (secondary N) is 1. The quantitative estimate of drug-likeness (QED) is 0.713. The second-order valence-electron chi connectivity index (χ2n) is 4.45. The summed E-state index contributed by atoms with van der Waals surface area (Å²) in [7, 11) is 1.43. The van der Waals surface area contributed by atoms with E-state index in [9.17, 15) is 4.79 Å². The van der Waals surface area contributed by atoms with Crippen molar-refractivity contribution in [3.05, 3.63) is 0 Å². The van der Waals surface area contributed by atoms with Crippen molar-refractivity contribution in [3.63, 3.8) is 0 Å². The smallest absolute Gasteiger partial charge is 0.322 e. The molecule has 4 heteroatoms. The molecule has 16 heavy (non-hydrogen) atoms. The lowest BCUT2D eigenvalue weighted by Gasteiger charge is -2.20. The molecule has 1 saturated heterocycles. The lowest BCUT2D eigenvalue weighted by molar-refractivity contribution is -0.142. The van der Waals surface area contributed by atoms with Gasteiger partial charge in [-0.3, -0.25) is 4.79 Å². The lowest BCUT2D eigenvalue weighted by atomic mass is 10.2. The van der Waals surface area contributed by atoms with Crippen LogP contribution in [0.15, 0.2) is 0 Å². The van der Waals surface area contributed by atoms with Crippen LogP contribution >= 0.6 is 0 Å². The molecule has 0 aliphatic carbocycles. The molecule has 1 aliphatic heterocycles. The topological polar surface area (TPSA) is 41.6 Å². The molecule has 4 nitrogen and oxygen atoms in total. The number of hydrogen-bond acceptors (Lipinski definition) is 4. The van der Waals surface area contributed by atoms with Crippen molar-refractivity contribution in [1.29, 1.82) is 0 Å². The Hall–Kier alpha value is -0.610. The van der Waals surface area contributed by atoms with Crippen molar-refractivity contribution in [1.82, 2.24) is 10.2 Å². The molecular weight excluding hydrogens is 204 g/mol. The molecular formula is C12H24N2O2. The maximum atomic E-state index is 11.2. The van der Waals surface area contributed by atoms with E-state index in [0.29, 0.717) is 0 Å². The predicted molar refractivity (Wildman–Crippen MR) is 64.4 cm³/mol. The fourth-order valence-electron chi connectivity index (χ4n) is 2.06. The summed E-state index contributed by atoms with van der Waals surface area (Å²) < 4.78 is 4.66. The Kier molecular flexibility index (Phi) is 6.42. The van der Waals surface area contributed by atoms with E-state index in [1.165, 1.54) is 45.9 Å². The van der Waals surface area contributed by atoms with E-state index in [0.717, 1.165) is 13.1 Å². The summed E-state index contributed by atoms with van der Waals surface area (Å²) in [5.41, 5.74) is 0.